The van der Waals surface area contributed by atoms with Gasteiger partial charge in [-0.25, -0.2) is 0 Å². The van der Waals surface area contributed by atoms with Gasteiger partial charge in [0.05, 0.1) is 17.5 Å². The van der Waals surface area contributed by atoms with Crippen LogP contribution in [0.4, 0.5) is 5.69 Å². The Balaban J connectivity index is 2.62. The zero-order valence-corrected chi connectivity index (χ0v) is 12.3. The fourth-order valence-corrected chi connectivity index (χ4v) is 1.63. The average molecular weight is 279 g/mol. The number of hydrogen-bond donors (Lipinski definition) is 2. The van der Waals surface area contributed by atoms with Gasteiger partial charge in [-0.15, -0.1) is 0 Å². The largest absolute Gasteiger partial charge is 0.348 e. The summed E-state index contributed by atoms with van der Waals surface area (Å²) in [6.07, 6.45) is 0. The summed E-state index contributed by atoms with van der Waals surface area (Å²) in [4.78, 5) is 22.1. The minimum absolute atomic E-state index is 0.0245. The van der Waals surface area contributed by atoms with Gasteiger partial charge in [0.1, 0.15) is 0 Å². The average Bonchev–Trinajstić information content (AvgIpc) is 2.35. The summed E-state index contributed by atoms with van der Waals surface area (Å²) < 4.78 is 0. The summed E-state index contributed by atoms with van der Waals surface area (Å²) in [5, 5.41) is 16.6. The predicted molar refractivity (Wildman–Crippen MR) is 77.4 cm³/mol. The fourth-order valence-electron chi connectivity index (χ4n) is 1.63. The molecule has 1 atom stereocenters. The molecule has 6 nitrogen and oxygen atoms in total. The van der Waals surface area contributed by atoms with Crippen molar-refractivity contribution in [1.29, 1.82) is 0 Å². The van der Waals surface area contributed by atoms with Gasteiger partial charge in [0, 0.05) is 17.7 Å². The second kappa shape index (κ2) is 6.47. The van der Waals surface area contributed by atoms with Crippen LogP contribution in [0.2, 0.25) is 0 Å². The highest BCUT2D eigenvalue weighted by Crippen LogP contribution is 2.18. The number of benzene rings is 1. The van der Waals surface area contributed by atoms with E-state index in [0.717, 1.165) is 0 Å². The molecule has 0 spiro atoms. The number of nitro benzene ring substituents is 1. The lowest BCUT2D eigenvalue weighted by Crippen LogP contribution is -2.43. The van der Waals surface area contributed by atoms with Crippen LogP contribution in [0.3, 0.4) is 0 Å². The number of rotatable bonds is 5. The topological polar surface area (TPSA) is 84.3 Å². The molecule has 0 aliphatic carbocycles. The van der Waals surface area contributed by atoms with E-state index in [1.165, 1.54) is 12.1 Å². The van der Waals surface area contributed by atoms with E-state index in [9.17, 15) is 14.9 Å². The van der Waals surface area contributed by atoms with Crippen LogP contribution >= 0.6 is 0 Å². The van der Waals surface area contributed by atoms with Gasteiger partial charge in [0.15, 0.2) is 0 Å². The first-order valence-corrected chi connectivity index (χ1v) is 6.48. The number of carbonyl (C=O) groups is 1. The van der Waals surface area contributed by atoms with Crippen molar-refractivity contribution in [2.75, 3.05) is 6.54 Å². The van der Waals surface area contributed by atoms with Gasteiger partial charge in [-0.1, -0.05) is 12.1 Å². The number of nitro groups is 1. The molecule has 1 aromatic rings. The van der Waals surface area contributed by atoms with Crippen LogP contribution < -0.4 is 10.6 Å². The van der Waals surface area contributed by atoms with E-state index >= 15 is 0 Å². The fraction of sp³-hybridized carbons (Fsp3) is 0.500. The van der Waals surface area contributed by atoms with Crippen LogP contribution in [0.1, 0.15) is 39.3 Å². The summed E-state index contributed by atoms with van der Waals surface area (Å²) in [5.41, 5.74) is 0.603. The Labute approximate surface area is 118 Å². The highest BCUT2D eigenvalue weighted by Gasteiger charge is 2.15. The Morgan fingerprint density at radius 3 is 2.60 bits per heavy atom. The van der Waals surface area contributed by atoms with Gasteiger partial charge >= 0.3 is 0 Å². The van der Waals surface area contributed by atoms with E-state index in [4.69, 9.17) is 0 Å². The molecule has 0 aliphatic heterocycles. The highest BCUT2D eigenvalue weighted by molar-refractivity contribution is 5.78. The maximum Gasteiger partial charge on any atom is 0.269 e. The quantitative estimate of drug-likeness (QED) is 0.639. The van der Waals surface area contributed by atoms with Gasteiger partial charge in [0.2, 0.25) is 5.91 Å². The zero-order chi connectivity index (χ0) is 15.3. The third-order valence-corrected chi connectivity index (χ3v) is 2.74. The number of nitrogens with one attached hydrogen (secondary N) is 2. The van der Waals surface area contributed by atoms with Gasteiger partial charge in [-0.05, 0) is 33.3 Å². The lowest BCUT2D eigenvalue weighted by Gasteiger charge is -2.21. The van der Waals surface area contributed by atoms with Crippen molar-refractivity contribution in [3.05, 3.63) is 39.9 Å². The molecule has 0 aliphatic rings. The minimum atomic E-state index is -0.445. The minimum Gasteiger partial charge on any atom is -0.348 e. The smallest absolute Gasteiger partial charge is 0.269 e. The summed E-state index contributed by atoms with van der Waals surface area (Å²) in [5.74, 6) is -0.140. The monoisotopic (exact) mass is 279 g/mol. The number of hydrogen-bond acceptors (Lipinski definition) is 4. The molecule has 20 heavy (non-hydrogen) atoms. The number of nitrogens with zero attached hydrogens (tertiary/aromatic N) is 1. The Bertz CT molecular complexity index is 495. The van der Waals surface area contributed by atoms with E-state index < -0.39 is 4.92 Å². The first kappa shape index (κ1) is 16.1. The van der Waals surface area contributed by atoms with Crippen LogP contribution in [-0.2, 0) is 4.79 Å². The summed E-state index contributed by atoms with van der Waals surface area (Å²) in [7, 11) is 0. The third kappa shape index (κ3) is 5.36. The van der Waals surface area contributed by atoms with E-state index in [2.05, 4.69) is 10.6 Å². The van der Waals surface area contributed by atoms with Crippen molar-refractivity contribution >= 4 is 11.6 Å². The summed E-state index contributed by atoms with van der Waals surface area (Å²) in [6, 6.07) is 6.00. The van der Waals surface area contributed by atoms with Crippen LogP contribution in [0.25, 0.3) is 0 Å². The molecule has 6 heteroatoms. The Hall–Kier alpha value is -1.95. The van der Waals surface area contributed by atoms with Gasteiger partial charge in [-0.3, -0.25) is 14.9 Å². The molecule has 1 aromatic carbocycles. The van der Waals surface area contributed by atoms with Crippen LogP contribution in [0, 0.1) is 10.1 Å². The van der Waals surface area contributed by atoms with Crippen LogP contribution in [0.15, 0.2) is 24.3 Å². The molecular formula is C14H21N3O3. The lowest BCUT2D eigenvalue weighted by atomic mass is 10.1. The molecule has 1 amide bonds. The Morgan fingerprint density at radius 2 is 2.05 bits per heavy atom. The van der Waals surface area contributed by atoms with Gasteiger partial charge < -0.3 is 10.6 Å². The first-order valence-electron chi connectivity index (χ1n) is 6.48. The van der Waals surface area contributed by atoms with Crippen molar-refractivity contribution < 1.29 is 9.72 Å². The zero-order valence-electron chi connectivity index (χ0n) is 12.3. The number of amides is 1. The molecule has 0 saturated carbocycles. The summed E-state index contributed by atoms with van der Waals surface area (Å²) in [6.45, 7) is 7.94. The van der Waals surface area contributed by atoms with Crippen molar-refractivity contribution in [2.45, 2.75) is 39.3 Å². The molecule has 0 heterocycles. The predicted octanol–water partition coefficient (Wildman–Crippen LogP) is 2.16. The van der Waals surface area contributed by atoms with Crippen LogP contribution in [-0.4, -0.2) is 22.9 Å². The van der Waals surface area contributed by atoms with E-state index in [-0.39, 0.29) is 29.7 Å². The third-order valence-electron chi connectivity index (χ3n) is 2.74. The number of carbonyl (C=O) groups excluding carboxylic acids is 1. The molecular weight excluding hydrogens is 258 g/mol. The molecule has 110 valence electrons. The van der Waals surface area contributed by atoms with E-state index in [1.54, 1.807) is 19.1 Å². The van der Waals surface area contributed by atoms with Crippen molar-refractivity contribution in [2.24, 2.45) is 0 Å². The standard InChI is InChI=1S/C14H21N3O3/c1-10(16-13(18)9-15-14(2,3)4)11-6-5-7-12(8-11)17(19)20/h5-8,10,15H,9H2,1-4H3,(H,16,18). The van der Waals surface area contributed by atoms with E-state index in [1.807, 2.05) is 20.8 Å². The molecule has 0 aromatic heterocycles. The van der Waals surface area contributed by atoms with E-state index in [0.29, 0.717) is 5.56 Å². The Kier molecular flexibility index (Phi) is 5.21. The molecule has 0 fully saturated rings. The summed E-state index contributed by atoms with van der Waals surface area (Å²) >= 11 is 0. The molecule has 0 radical (unpaired) electrons. The SMILES string of the molecule is CC(NC(=O)CNC(C)(C)C)c1cccc([N+](=O)[O-])c1. The second-order valence-corrected chi connectivity index (χ2v) is 5.74. The maximum absolute atomic E-state index is 11.8. The lowest BCUT2D eigenvalue weighted by molar-refractivity contribution is -0.384. The number of non-ortho nitro benzene ring substituents is 1. The molecule has 0 bridgehead atoms. The van der Waals surface area contributed by atoms with Crippen LogP contribution in [0.5, 0.6) is 0 Å². The Morgan fingerprint density at radius 1 is 1.40 bits per heavy atom. The van der Waals surface area contributed by atoms with Gasteiger partial charge in [0.25, 0.3) is 5.69 Å². The molecule has 0 saturated heterocycles. The van der Waals surface area contributed by atoms with Gasteiger partial charge in [-0.2, -0.15) is 0 Å². The maximum atomic E-state index is 11.8. The second-order valence-electron chi connectivity index (χ2n) is 5.74. The first-order chi connectivity index (χ1) is 9.19. The van der Waals surface area contributed by atoms with Crippen molar-refractivity contribution in [3.63, 3.8) is 0 Å². The molecule has 2 N–H and O–H groups in total. The molecule has 1 unspecified atom stereocenters. The normalized spacial score (nSPS) is 12.8. The van der Waals surface area contributed by atoms with Crippen molar-refractivity contribution in [3.8, 4) is 0 Å². The van der Waals surface area contributed by atoms with Crippen molar-refractivity contribution in [1.82, 2.24) is 10.6 Å². The highest BCUT2D eigenvalue weighted by atomic mass is 16.6. The molecule has 1 rings (SSSR count).